The first-order valence-corrected chi connectivity index (χ1v) is 8.51. The predicted molar refractivity (Wildman–Crippen MR) is 99.5 cm³/mol. The van der Waals surface area contributed by atoms with E-state index in [0.717, 1.165) is 16.7 Å². The van der Waals surface area contributed by atoms with Crippen molar-refractivity contribution in [3.05, 3.63) is 67.0 Å². The van der Waals surface area contributed by atoms with Crippen LogP contribution in [-0.4, -0.2) is 37.2 Å². The summed E-state index contributed by atoms with van der Waals surface area (Å²) in [6.07, 6.45) is 3.20. The van der Waals surface area contributed by atoms with E-state index in [0.29, 0.717) is 11.6 Å². The molecule has 0 fully saturated rings. The minimum Gasteiger partial charge on any atom is -0.484 e. The SMILES string of the molecule is CC(NC(=O)COc1cccc(-n2cnnc2)c1)c1nc2ccccc2[nH]1. The summed E-state index contributed by atoms with van der Waals surface area (Å²) >= 11 is 0. The third-order valence-electron chi connectivity index (χ3n) is 4.10. The molecule has 2 aromatic carbocycles. The lowest BCUT2D eigenvalue weighted by Gasteiger charge is -2.12. The van der Waals surface area contributed by atoms with E-state index in [-0.39, 0.29) is 18.6 Å². The molecular formula is C19H18N6O2. The van der Waals surface area contributed by atoms with E-state index in [1.807, 2.05) is 49.4 Å². The number of hydrogen-bond donors (Lipinski definition) is 2. The van der Waals surface area contributed by atoms with Gasteiger partial charge in [-0.25, -0.2) is 4.98 Å². The van der Waals surface area contributed by atoms with Crippen LogP contribution in [0.15, 0.2) is 61.2 Å². The summed E-state index contributed by atoms with van der Waals surface area (Å²) in [4.78, 5) is 19.9. The zero-order valence-electron chi connectivity index (χ0n) is 14.7. The molecule has 0 bridgehead atoms. The molecule has 4 aromatic rings. The molecule has 0 aliphatic rings. The predicted octanol–water partition coefficient (Wildman–Crippen LogP) is 2.40. The number of amides is 1. The quantitative estimate of drug-likeness (QED) is 0.549. The number of nitrogens with zero attached hydrogens (tertiary/aromatic N) is 4. The minimum absolute atomic E-state index is 0.0871. The summed E-state index contributed by atoms with van der Waals surface area (Å²) < 4.78 is 7.37. The number of H-pyrrole nitrogens is 1. The van der Waals surface area contributed by atoms with Gasteiger partial charge in [-0.3, -0.25) is 9.36 Å². The smallest absolute Gasteiger partial charge is 0.258 e. The summed E-state index contributed by atoms with van der Waals surface area (Å²) in [6.45, 7) is 1.79. The highest BCUT2D eigenvalue weighted by molar-refractivity contribution is 5.78. The topological polar surface area (TPSA) is 97.7 Å². The van der Waals surface area contributed by atoms with Gasteiger partial charge in [0.2, 0.25) is 0 Å². The summed E-state index contributed by atoms with van der Waals surface area (Å²) in [5.74, 6) is 1.07. The van der Waals surface area contributed by atoms with E-state index in [4.69, 9.17) is 4.74 Å². The van der Waals surface area contributed by atoms with Gasteiger partial charge < -0.3 is 15.0 Å². The van der Waals surface area contributed by atoms with Crippen LogP contribution < -0.4 is 10.1 Å². The van der Waals surface area contributed by atoms with Gasteiger partial charge in [0.25, 0.3) is 5.91 Å². The average molecular weight is 362 g/mol. The Morgan fingerprint density at radius 3 is 2.81 bits per heavy atom. The average Bonchev–Trinajstić information content (AvgIpc) is 3.36. The van der Waals surface area contributed by atoms with Gasteiger partial charge in [0.1, 0.15) is 24.2 Å². The summed E-state index contributed by atoms with van der Waals surface area (Å²) in [7, 11) is 0. The maximum Gasteiger partial charge on any atom is 0.258 e. The molecule has 0 aliphatic heterocycles. The Hall–Kier alpha value is -3.68. The number of rotatable bonds is 6. The van der Waals surface area contributed by atoms with E-state index in [1.165, 1.54) is 0 Å². The number of benzene rings is 2. The maximum absolute atomic E-state index is 12.2. The van der Waals surface area contributed by atoms with Gasteiger partial charge >= 0.3 is 0 Å². The Kier molecular flexibility index (Phi) is 4.52. The Balaban J connectivity index is 1.36. The van der Waals surface area contributed by atoms with Crippen molar-refractivity contribution < 1.29 is 9.53 Å². The molecule has 1 unspecified atom stereocenters. The van der Waals surface area contributed by atoms with Crippen molar-refractivity contribution in [2.75, 3.05) is 6.61 Å². The Morgan fingerprint density at radius 1 is 1.19 bits per heavy atom. The molecule has 2 aromatic heterocycles. The van der Waals surface area contributed by atoms with E-state index < -0.39 is 0 Å². The fraction of sp³-hybridized carbons (Fsp3) is 0.158. The van der Waals surface area contributed by atoms with Crippen LogP contribution in [0.3, 0.4) is 0 Å². The van der Waals surface area contributed by atoms with Gasteiger partial charge in [-0.1, -0.05) is 18.2 Å². The van der Waals surface area contributed by atoms with Crippen molar-refractivity contribution >= 4 is 16.9 Å². The van der Waals surface area contributed by atoms with Crippen LogP contribution in [0, 0.1) is 0 Å². The molecule has 1 amide bonds. The zero-order chi connectivity index (χ0) is 18.6. The first-order valence-electron chi connectivity index (χ1n) is 8.51. The molecule has 0 aliphatic carbocycles. The van der Waals surface area contributed by atoms with Crippen LogP contribution in [0.4, 0.5) is 0 Å². The van der Waals surface area contributed by atoms with Gasteiger partial charge in [0.15, 0.2) is 6.61 Å². The van der Waals surface area contributed by atoms with Gasteiger partial charge in [-0.2, -0.15) is 0 Å². The molecule has 1 atom stereocenters. The van der Waals surface area contributed by atoms with Crippen molar-refractivity contribution in [3.63, 3.8) is 0 Å². The second-order valence-corrected chi connectivity index (χ2v) is 6.08. The Morgan fingerprint density at radius 2 is 2.00 bits per heavy atom. The third-order valence-corrected chi connectivity index (χ3v) is 4.10. The van der Waals surface area contributed by atoms with E-state index >= 15 is 0 Å². The molecule has 8 nitrogen and oxygen atoms in total. The van der Waals surface area contributed by atoms with Crippen LogP contribution in [0.25, 0.3) is 16.7 Å². The molecule has 0 spiro atoms. The van der Waals surface area contributed by atoms with Crippen molar-refractivity contribution in [2.45, 2.75) is 13.0 Å². The number of para-hydroxylation sites is 2. The normalized spacial score (nSPS) is 12.0. The van der Waals surface area contributed by atoms with Gasteiger partial charge in [-0.15, -0.1) is 10.2 Å². The lowest BCUT2D eigenvalue weighted by molar-refractivity contribution is -0.123. The van der Waals surface area contributed by atoms with Gasteiger partial charge in [0.05, 0.1) is 22.8 Å². The number of aromatic nitrogens is 5. The standard InChI is InChI=1S/C19H18N6O2/c1-13(19-23-16-7-2-3-8-17(16)24-19)22-18(26)10-27-15-6-4-5-14(9-15)25-11-20-21-12-25/h2-9,11-13H,10H2,1H3,(H,22,26)(H,23,24). The first-order chi connectivity index (χ1) is 13.2. The van der Waals surface area contributed by atoms with Crippen LogP contribution >= 0.6 is 0 Å². The largest absolute Gasteiger partial charge is 0.484 e. The number of carbonyl (C=O) groups is 1. The van der Waals surface area contributed by atoms with E-state index in [2.05, 4.69) is 25.5 Å². The van der Waals surface area contributed by atoms with Crippen molar-refractivity contribution in [1.29, 1.82) is 0 Å². The molecule has 8 heteroatoms. The molecule has 136 valence electrons. The lowest BCUT2D eigenvalue weighted by Crippen LogP contribution is -2.31. The van der Waals surface area contributed by atoms with E-state index in [9.17, 15) is 4.79 Å². The van der Waals surface area contributed by atoms with Crippen LogP contribution in [0.2, 0.25) is 0 Å². The summed E-state index contributed by atoms with van der Waals surface area (Å²) in [5.41, 5.74) is 2.67. The molecule has 0 saturated heterocycles. The Labute approximate surface area is 155 Å². The monoisotopic (exact) mass is 362 g/mol. The number of ether oxygens (including phenoxy) is 1. The second-order valence-electron chi connectivity index (χ2n) is 6.08. The fourth-order valence-electron chi connectivity index (χ4n) is 2.75. The molecule has 4 rings (SSSR count). The molecule has 2 N–H and O–H groups in total. The molecule has 27 heavy (non-hydrogen) atoms. The summed E-state index contributed by atoms with van der Waals surface area (Å²) in [6, 6.07) is 14.9. The molecule has 0 saturated carbocycles. The number of fused-ring (bicyclic) bond motifs is 1. The number of nitrogens with one attached hydrogen (secondary N) is 2. The number of hydrogen-bond acceptors (Lipinski definition) is 5. The van der Waals surface area contributed by atoms with E-state index in [1.54, 1.807) is 23.3 Å². The van der Waals surface area contributed by atoms with Crippen molar-refractivity contribution in [1.82, 2.24) is 30.0 Å². The van der Waals surface area contributed by atoms with Gasteiger partial charge in [-0.05, 0) is 31.2 Å². The highest BCUT2D eigenvalue weighted by Crippen LogP contribution is 2.17. The number of imidazole rings is 1. The van der Waals surface area contributed by atoms with Crippen molar-refractivity contribution in [3.8, 4) is 11.4 Å². The Bertz CT molecular complexity index is 1020. The zero-order valence-corrected chi connectivity index (χ0v) is 14.7. The fourth-order valence-corrected chi connectivity index (χ4v) is 2.75. The number of carbonyl (C=O) groups excluding carboxylic acids is 1. The highest BCUT2D eigenvalue weighted by Gasteiger charge is 2.14. The second kappa shape index (κ2) is 7.28. The van der Waals surface area contributed by atoms with Crippen LogP contribution in [0.5, 0.6) is 5.75 Å². The lowest BCUT2D eigenvalue weighted by atomic mass is 10.3. The highest BCUT2D eigenvalue weighted by atomic mass is 16.5. The van der Waals surface area contributed by atoms with Crippen LogP contribution in [0.1, 0.15) is 18.8 Å². The minimum atomic E-state index is -0.253. The van der Waals surface area contributed by atoms with Crippen LogP contribution in [-0.2, 0) is 4.79 Å². The summed E-state index contributed by atoms with van der Waals surface area (Å²) in [5, 5.41) is 10.4. The molecular weight excluding hydrogens is 344 g/mol. The van der Waals surface area contributed by atoms with Gasteiger partial charge in [0, 0.05) is 6.07 Å². The maximum atomic E-state index is 12.2. The van der Waals surface area contributed by atoms with Crippen molar-refractivity contribution in [2.24, 2.45) is 0 Å². The number of aromatic amines is 1. The third kappa shape index (κ3) is 3.79. The molecule has 2 heterocycles. The molecule has 0 radical (unpaired) electrons. The first kappa shape index (κ1) is 16.8.